The van der Waals surface area contributed by atoms with Gasteiger partial charge in [0, 0.05) is 0 Å². The van der Waals surface area contributed by atoms with Gasteiger partial charge in [0.15, 0.2) is 5.78 Å². The van der Waals surface area contributed by atoms with Crippen molar-refractivity contribution in [2.45, 2.75) is 33.1 Å². The number of rotatable bonds is 1. The summed E-state index contributed by atoms with van der Waals surface area (Å²) in [5.74, 6) is 1.82. The van der Waals surface area contributed by atoms with Gasteiger partial charge in [0.1, 0.15) is 0 Å². The smallest absolute Gasteiger partial charge is 0.169 e. The van der Waals surface area contributed by atoms with E-state index in [2.05, 4.69) is 19.2 Å². The fourth-order valence-electron chi connectivity index (χ4n) is 3.13. The van der Waals surface area contributed by atoms with E-state index in [0.29, 0.717) is 5.41 Å². The molecule has 0 saturated heterocycles. The van der Waals surface area contributed by atoms with Crippen molar-refractivity contribution >= 4 is 17.1 Å². The Kier molecular flexibility index (Phi) is 1.42. The normalized spacial score (nSPS) is 31.1. The van der Waals surface area contributed by atoms with Gasteiger partial charge >= 0.3 is 0 Å². The van der Waals surface area contributed by atoms with E-state index in [-0.39, 0.29) is 5.78 Å². The van der Waals surface area contributed by atoms with Gasteiger partial charge in [0.2, 0.25) is 0 Å². The van der Waals surface area contributed by atoms with Crippen LogP contribution in [0.15, 0.2) is 5.38 Å². The maximum atomic E-state index is 11.4. The molecule has 1 heterocycles. The topological polar surface area (TPSA) is 17.1 Å². The molecule has 2 aliphatic rings. The summed E-state index contributed by atoms with van der Waals surface area (Å²) in [4.78, 5) is 12.4. The predicted octanol–water partition coefficient (Wildman–Crippen LogP) is 3.25. The van der Waals surface area contributed by atoms with E-state index in [4.69, 9.17) is 0 Å². The minimum absolute atomic E-state index is 0.246. The molecule has 1 nitrogen and oxygen atoms in total. The third-order valence-electron chi connectivity index (χ3n) is 4.06. The van der Waals surface area contributed by atoms with Gasteiger partial charge in [-0.1, -0.05) is 13.8 Å². The monoisotopic (exact) mass is 206 g/mol. The molecule has 0 aliphatic heterocycles. The first-order valence-electron chi connectivity index (χ1n) is 5.14. The number of carbonyl (C=O) groups is 1. The van der Waals surface area contributed by atoms with Gasteiger partial charge in [-0.25, -0.2) is 0 Å². The van der Waals surface area contributed by atoms with Crippen LogP contribution in [0.4, 0.5) is 0 Å². The second-order valence-corrected chi connectivity index (χ2v) is 6.04. The fraction of sp³-hybridized carbons (Fsp3) is 0.583. The van der Waals surface area contributed by atoms with E-state index in [9.17, 15) is 4.79 Å². The third kappa shape index (κ3) is 0.830. The Balaban J connectivity index is 2.07. The highest BCUT2D eigenvalue weighted by atomic mass is 32.1. The highest BCUT2D eigenvalue weighted by Crippen LogP contribution is 2.70. The molecule has 1 aromatic heterocycles. The van der Waals surface area contributed by atoms with Crippen LogP contribution >= 0.6 is 11.3 Å². The second-order valence-electron chi connectivity index (χ2n) is 5.16. The summed E-state index contributed by atoms with van der Waals surface area (Å²) in [7, 11) is 0. The first kappa shape index (κ1) is 8.66. The lowest BCUT2D eigenvalue weighted by molar-refractivity contribution is 0.102. The van der Waals surface area contributed by atoms with E-state index in [0.717, 1.165) is 23.1 Å². The van der Waals surface area contributed by atoms with E-state index in [1.165, 1.54) is 11.1 Å². The van der Waals surface area contributed by atoms with Crippen molar-refractivity contribution in [1.29, 1.82) is 0 Å². The van der Waals surface area contributed by atoms with Crippen LogP contribution in [0.25, 0.3) is 0 Å². The van der Waals surface area contributed by atoms with Gasteiger partial charge in [0.05, 0.1) is 4.88 Å². The van der Waals surface area contributed by atoms with Crippen LogP contribution in [-0.2, 0) is 6.42 Å². The summed E-state index contributed by atoms with van der Waals surface area (Å²) in [5.41, 5.74) is 3.36. The summed E-state index contributed by atoms with van der Waals surface area (Å²) >= 11 is 1.64. The second kappa shape index (κ2) is 2.30. The van der Waals surface area contributed by atoms with Crippen molar-refractivity contribution in [3.05, 3.63) is 21.4 Å². The summed E-state index contributed by atoms with van der Waals surface area (Å²) in [6.45, 7) is 6.37. The summed E-state index contributed by atoms with van der Waals surface area (Å²) in [5, 5.41) is 2.21. The summed E-state index contributed by atoms with van der Waals surface area (Å²) in [6.07, 6.45) is 1.14. The molecule has 0 spiro atoms. The lowest BCUT2D eigenvalue weighted by atomic mass is 9.96. The molecule has 2 atom stereocenters. The van der Waals surface area contributed by atoms with Crippen molar-refractivity contribution in [1.82, 2.24) is 0 Å². The molecule has 2 unspecified atom stereocenters. The maximum Gasteiger partial charge on any atom is 0.169 e. The molecule has 1 aromatic rings. The first-order valence-corrected chi connectivity index (χ1v) is 6.02. The zero-order chi connectivity index (χ0) is 10.1. The highest BCUT2D eigenvalue weighted by molar-refractivity contribution is 7.12. The van der Waals surface area contributed by atoms with Gasteiger partial charge < -0.3 is 0 Å². The number of carbonyl (C=O) groups excluding carboxylic acids is 1. The van der Waals surface area contributed by atoms with Gasteiger partial charge in [-0.3, -0.25) is 4.79 Å². The van der Waals surface area contributed by atoms with Gasteiger partial charge in [0.25, 0.3) is 0 Å². The van der Waals surface area contributed by atoms with Gasteiger partial charge in [-0.15, -0.1) is 11.3 Å². The molecule has 74 valence electrons. The highest BCUT2D eigenvalue weighted by Gasteiger charge is 2.62. The molecule has 0 N–H and O–H groups in total. The molecule has 0 amide bonds. The molecule has 14 heavy (non-hydrogen) atoms. The SMILES string of the molecule is CC(=O)c1scc2c1CC1C2C1(C)C. The minimum Gasteiger partial charge on any atom is -0.294 e. The van der Waals surface area contributed by atoms with Crippen molar-refractivity contribution in [2.24, 2.45) is 11.3 Å². The molecule has 2 aliphatic carbocycles. The number of thiophene rings is 1. The lowest BCUT2D eigenvalue weighted by Gasteiger charge is -2.08. The largest absolute Gasteiger partial charge is 0.294 e. The third-order valence-corrected chi connectivity index (χ3v) is 5.20. The van der Waals surface area contributed by atoms with Crippen LogP contribution in [0.5, 0.6) is 0 Å². The number of hydrogen-bond donors (Lipinski definition) is 0. The van der Waals surface area contributed by atoms with Gasteiger partial charge in [-0.05, 0) is 47.1 Å². The minimum atomic E-state index is 0.246. The van der Waals surface area contributed by atoms with Gasteiger partial charge in [-0.2, -0.15) is 0 Å². The molecule has 0 bridgehead atoms. The lowest BCUT2D eigenvalue weighted by Crippen LogP contribution is -2.01. The number of Topliss-reactive ketones (excluding diaryl/α,β-unsaturated/α-hetero) is 1. The van der Waals surface area contributed by atoms with Crippen LogP contribution in [0.1, 0.15) is 47.5 Å². The maximum absolute atomic E-state index is 11.4. The zero-order valence-corrected chi connectivity index (χ0v) is 9.57. The Hall–Kier alpha value is -0.630. The molecule has 1 saturated carbocycles. The van der Waals surface area contributed by atoms with Crippen molar-refractivity contribution in [2.75, 3.05) is 0 Å². The van der Waals surface area contributed by atoms with Crippen LogP contribution in [-0.4, -0.2) is 5.78 Å². The number of hydrogen-bond acceptors (Lipinski definition) is 2. The quantitative estimate of drug-likeness (QED) is 0.645. The molecule has 0 aromatic carbocycles. The molecule has 1 fully saturated rings. The molecule has 2 heteroatoms. The average Bonchev–Trinajstić information content (AvgIpc) is 2.49. The van der Waals surface area contributed by atoms with E-state index < -0.39 is 0 Å². The summed E-state index contributed by atoms with van der Waals surface area (Å²) in [6, 6.07) is 0. The van der Waals surface area contributed by atoms with Crippen LogP contribution in [0.3, 0.4) is 0 Å². The predicted molar refractivity (Wildman–Crippen MR) is 58.0 cm³/mol. The molecular formula is C12H14OS. The zero-order valence-electron chi connectivity index (χ0n) is 8.76. The number of fused-ring (bicyclic) bond motifs is 3. The first-order chi connectivity index (χ1) is 6.53. The Bertz CT molecular complexity index is 428. The summed E-state index contributed by atoms with van der Waals surface area (Å²) < 4.78 is 0. The van der Waals surface area contributed by atoms with Crippen molar-refractivity contribution in [3.63, 3.8) is 0 Å². The van der Waals surface area contributed by atoms with Crippen molar-refractivity contribution < 1.29 is 4.79 Å². The van der Waals surface area contributed by atoms with Crippen LogP contribution in [0.2, 0.25) is 0 Å². The average molecular weight is 206 g/mol. The molecule has 0 radical (unpaired) electrons. The van der Waals surface area contributed by atoms with E-state index in [1.54, 1.807) is 18.3 Å². The van der Waals surface area contributed by atoms with E-state index in [1.807, 2.05) is 0 Å². The van der Waals surface area contributed by atoms with Crippen molar-refractivity contribution in [3.8, 4) is 0 Å². The van der Waals surface area contributed by atoms with Crippen LogP contribution in [0, 0.1) is 11.3 Å². The Morgan fingerprint density at radius 3 is 2.93 bits per heavy atom. The van der Waals surface area contributed by atoms with E-state index >= 15 is 0 Å². The fourth-order valence-corrected chi connectivity index (χ4v) is 4.17. The number of ketones is 1. The Morgan fingerprint density at radius 2 is 2.29 bits per heavy atom. The Labute approximate surface area is 88.1 Å². The Morgan fingerprint density at radius 1 is 1.57 bits per heavy atom. The molecular weight excluding hydrogens is 192 g/mol. The molecule has 3 rings (SSSR count). The standard InChI is InChI=1S/C12H14OS/c1-6(13)11-7-4-9-10(12(9,2)3)8(7)5-14-11/h5,9-10H,4H2,1-3H3. The van der Waals surface area contributed by atoms with Crippen LogP contribution < -0.4 is 0 Å².